The average molecular weight is 300 g/mol. The molecule has 4 unspecified atom stereocenters. The summed E-state index contributed by atoms with van der Waals surface area (Å²) in [6.07, 6.45) is 5.42. The zero-order chi connectivity index (χ0) is 13.4. The Morgan fingerprint density at radius 1 is 1.37 bits per heavy atom. The first-order valence-electron chi connectivity index (χ1n) is 7.04. The molecule has 1 N–H and O–H groups in total. The fraction of sp³-hybridized carbons (Fsp3) is 0.600. The molecule has 1 aromatic carbocycles. The number of nitrogens with one attached hydrogen (secondary N) is 1. The predicted molar refractivity (Wildman–Crippen MR) is 78.9 cm³/mol. The van der Waals surface area contributed by atoms with Crippen LogP contribution in [0.2, 0.25) is 10.0 Å². The van der Waals surface area contributed by atoms with Gasteiger partial charge in [-0.05, 0) is 43.4 Å². The first-order chi connectivity index (χ1) is 9.17. The molecule has 2 nitrogen and oxygen atoms in total. The molecule has 2 bridgehead atoms. The summed E-state index contributed by atoms with van der Waals surface area (Å²) in [5.41, 5.74) is 1.14. The van der Waals surface area contributed by atoms with Crippen molar-refractivity contribution in [3.05, 3.63) is 33.8 Å². The molecule has 1 aromatic rings. The molecule has 2 saturated heterocycles. The van der Waals surface area contributed by atoms with Gasteiger partial charge in [0.1, 0.15) is 0 Å². The largest absolute Gasteiger partial charge is 0.373 e. The van der Waals surface area contributed by atoms with E-state index in [2.05, 4.69) is 12.2 Å². The number of benzene rings is 1. The standard InChI is InChI=1S/C15H19Cl2NO/c1-2-13(11-5-3-9(16)7-12(11)17)18-14-8-10-4-6-15(14)19-10/h3,5,7,10,13-15,18H,2,4,6,8H2,1H3. The van der Waals surface area contributed by atoms with E-state index in [1.807, 2.05) is 18.2 Å². The van der Waals surface area contributed by atoms with Gasteiger partial charge in [-0.3, -0.25) is 0 Å². The summed E-state index contributed by atoms with van der Waals surface area (Å²) in [4.78, 5) is 0. The topological polar surface area (TPSA) is 21.3 Å². The van der Waals surface area contributed by atoms with Crippen molar-refractivity contribution >= 4 is 23.2 Å². The second-order valence-electron chi connectivity index (χ2n) is 5.51. The maximum atomic E-state index is 6.31. The number of ether oxygens (including phenoxy) is 1. The summed E-state index contributed by atoms with van der Waals surface area (Å²) < 4.78 is 5.90. The van der Waals surface area contributed by atoms with Crippen molar-refractivity contribution in [1.82, 2.24) is 5.32 Å². The highest BCUT2D eigenvalue weighted by atomic mass is 35.5. The van der Waals surface area contributed by atoms with Crippen molar-refractivity contribution < 1.29 is 4.74 Å². The quantitative estimate of drug-likeness (QED) is 0.892. The van der Waals surface area contributed by atoms with E-state index in [0.717, 1.165) is 23.4 Å². The summed E-state index contributed by atoms with van der Waals surface area (Å²) in [5.74, 6) is 0. The molecule has 0 aromatic heterocycles. The van der Waals surface area contributed by atoms with Gasteiger partial charge in [0.05, 0.1) is 12.2 Å². The molecular weight excluding hydrogens is 281 g/mol. The molecular formula is C15H19Cl2NO. The SMILES string of the molecule is CCC(NC1CC2CCC1O2)c1ccc(Cl)cc1Cl. The monoisotopic (exact) mass is 299 g/mol. The molecule has 0 radical (unpaired) electrons. The molecule has 2 aliphatic rings. The molecule has 2 fully saturated rings. The molecule has 2 aliphatic heterocycles. The van der Waals surface area contributed by atoms with Crippen LogP contribution in [0, 0.1) is 0 Å². The van der Waals surface area contributed by atoms with E-state index in [0.29, 0.717) is 23.3 Å². The van der Waals surface area contributed by atoms with Gasteiger partial charge in [0.25, 0.3) is 0 Å². The molecule has 2 heterocycles. The molecule has 0 spiro atoms. The Labute approximate surface area is 124 Å². The maximum absolute atomic E-state index is 6.31. The van der Waals surface area contributed by atoms with Gasteiger partial charge < -0.3 is 10.1 Å². The number of hydrogen-bond acceptors (Lipinski definition) is 2. The lowest BCUT2D eigenvalue weighted by Crippen LogP contribution is -2.39. The Kier molecular flexibility index (Phi) is 4.04. The van der Waals surface area contributed by atoms with Crippen LogP contribution in [0.25, 0.3) is 0 Å². The summed E-state index contributed by atoms with van der Waals surface area (Å²) in [6.45, 7) is 2.18. The zero-order valence-electron chi connectivity index (χ0n) is 11.0. The van der Waals surface area contributed by atoms with Gasteiger partial charge in [-0.15, -0.1) is 0 Å². The lowest BCUT2D eigenvalue weighted by molar-refractivity contribution is 0.0959. The zero-order valence-corrected chi connectivity index (χ0v) is 12.5. The lowest BCUT2D eigenvalue weighted by Gasteiger charge is -2.27. The molecule has 0 saturated carbocycles. The third-order valence-electron chi connectivity index (χ3n) is 4.27. The highest BCUT2D eigenvalue weighted by molar-refractivity contribution is 6.35. The van der Waals surface area contributed by atoms with Crippen molar-refractivity contribution in [2.75, 3.05) is 0 Å². The maximum Gasteiger partial charge on any atom is 0.0733 e. The normalized spacial score (nSPS) is 30.8. The number of fused-ring (bicyclic) bond motifs is 2. The van der Waals surface area contributed by atoms with E-state index in [9.17, 15) is 0 Å². The van der Waals surface area contributed by atoms with E-state index in [1.54, 1.807) is 0 Å². The van der Waals surface area contributed by atoms with Crippen molar-refractivity contribution in [1.29, 1.82) is 0 Å². The van der Waals surface area contributed by atoms with Crippen LogP contribution in [0.15, 0.2) is 18.2 Å². The van der Waals surface area contributed by atoms with E-state index >= 15 is 0 Å². The second kappa shape index (κ2) is 5.61. The summed E-state index contributed by atoms with van der Waals surface area (Å²) in [6, 6.07) is 6.50. The average Bonchev–Trinajstić information content (AvgIpc) is 2.99. The first-order valence-corrected chi connectivity index (χ1v) is 7.79. The molecule has 19 heavy (non-hydrogen) atoms. The van der Waals surface area contributed by atoms with Gasteiger partial charge >= 0.3 is 0 Å². The van der Waals surface area contributed by atoms with Gasteiger partial charge in [-0.1, -0.05) is 36.2 Å². The van der Waals surface area contributed by atoms with Gasteiger partial charge in [-0.25, -0.2) is 0 Å². The number of rotatable bonds is 4. The van der Waals surface area contributed by atoms with Crippen LogP contribution in [0.4, 0.5) is 0 Å². The minimum atomic E-state index is 0.276. The smallest absolute Gasteiger partial charge is 0.0733 e. The Bertz CT molecular complexity index is 465. The van der Waals surface area contributed by atoms with Crippen molar-refractivity contribution in [2.45, 2.75) is 56.9 Å². The Morgan fingerprint density at radius 3 is 2.79 bits per heavy atom. The first kappa shape index (κ1) is 13.7. The summed E-state index contributed by atoms with van der Waals surface area (Å²) in [7, 11) is 0. The predicted octanol–water partition coefficient (Wildman–Crippen LogP) is 4.35. The Morgan fingerprint density at radius 2 is 2.21 bits per heavy atom. The number of hydrogen-bond donors (Lipinski definition) is 1. The summed E-state index contributed by atoms with van der Waals surface area (Å²) >= 11 is 12.3. The third kappa shape index (κ3) is 2.78. The molecule has 0 aliphatic carbocycles. The van der Waals surface area contributed by atoms with Crippen molar-refractivity contribution in [3.63, 3.8) is 0 Å². The van der Waals surface area contributed by atoms with Gasteiger partial charge in [-0.2, -0.15) is 0 Å². The van der Waals surface area contributed by atoms with Crippen molar-refractivity contribution in [2.24, 2.45) is 0 Å². The van der Waals surface area contributed by atoms with E-state index in [1.165, 1.54) is 12.8 Å². The highest BCUT2D eigenvalue weighted by Gasteiger charge is 2.41. The molecule has 0 amide bonds. The van der Waals surface area contributed by atoms with E-state index < -0.39 is 0 Å². The van der Waals surface area contributed by atoms with Crippen LogP contribution in [-0.4, -0.2) is 18.2 Å². The van der Waals surface area contributed by atoms with Crippen LogP contribution < -0.4 is 5.32 Å². The highest BCUT2D eigenvalue weighted by Crippen LogP contribution is 2.36. The van der Waals surface area contributed by atoms with Gasteiger partial charge in [0.15, 0.2) is 0 Å². The minimum absolute atomic E-state index is 0.276. The summed E-state index contributed by atoms with van der Waals surface area (Å²) in [5, 5.41) is 5.15. The molecule has 4 heteroatoms. The van der Waals surface area contributed by atoms with Gasteiger partial charge in [0.2, 0.25) is 0 Å². The van der Waals surface area contributed by atoms with Crippen LogP contribution >= 0.6 is 23.2 Å². The van der Waals surface area contributed by atoms with E-state index in [-0.39, 0.29) is 6.04 Å². The number of halogens is 2. The fourth-order valence-electron chi connectivity index (χ4n) is 3.28. The molecule has 104 valence electrons. The fourth-order valence-corrected chi connectivity index (χ4v) is 3.82. The Hall–Kier alpha value is -0.280. The van der Waals surface area contributed by atoms with Gasteiger partial charge in [0, 0.05) is 22.1 Å². The second-order valence-corrected chi connectivity index (χ2v) is 6.35. The van der Waals surface area contributed by atoms with Crippen LogP contribution in [-0.2, 0) is 4.74 Å². The Balaban J connectivity index is 1.73. The molecule has 4 atom stereocenters. The van der Waals surface area contributed by atoms with Crippen LogP contribution in [0.5, 0.6) is 0 Å². The van der Waals surface area contributed by atoms with Crippen LogP contribution in [0.3, 0.4) is 0 Å². The molecule has 3 rings (SSSR count). The minimum Gasteiger partial charge on any atom is -0.373 e. The lowest BCUT2D eigenvalue weighted by atomic mass is 9.93. The van der Waals surface area contributed by atoms with Crippen molar-refractivity contribution in [3.8, 4) is 0 Å². The van der Waals surface area contributed by atoms with E-state index in [4.69, 9.17) is 27.9 Å². The van der Waals surface area contributed by atoms with Crippen LogP contribution in [0.1, 0.15) is 44.2 Å². The third-order valence-corrected chi connectivity index (χ3v) is 4.83.